The molecule has 4 nitrogen and oxygen atoms in total. The zero-order chi connectivity index (χ0) is 21.0. The number of likely N-dealkylation sites (tertiary alicyclic amines) is 1. The molecule has 4 rings (SSSR count). The fourth-order valence-electron chi connectivity index (χ4n) is 4.77. The molecule has 0 aromatic heterocycles. The molecule has 1 unspecified atom stereocenters. The van der Waals surface area contributed by atoms with Crippen LogP contribution in [-0.4, -0.2) is 34.5 Å². The fourth-order valence-corrected chi connectivity index (χ4v) is 4.77. The summed E-state index contributed by atoms with van der Waals surface area (Å²) < 4.78 is 0. The Labute approximate surface area is 178 Å². The Morgan fingerprint density at radius 3 is 2.47 bits per heavy atom. The molecular formula is C26H29NO3. The first kappa shape index (κ1) is 20.4. The van der Waals surface area contributed by atoms with Gasteiger partial charge in [0.1, 0.15) is 0 Å². The van der Waals surface area contributed by atoms with Gasteiger partial charge in [-0.1, -0.05) is 61.0 Å². The van der Waals surface area contributed by atoms with Gasteiger partial charge in [0.2, 0.25) is 5.91 Å². The van der Waals surface area contributed by atoms with E-state index in [-0.39, 0.29) is 17.4 Å². The first-order valence-corrected chi connectivity index (χ1v) is 10.9. The van der Waals surface area contributed by atoms with Gasteiger partial charge in [-0.05, 0) is 60.8 Å². The highest BCUT2D eigenvalue weighted by Gasteiger charge is 2.37. The minimum atomic E-state index is -0.916. The Hall–Kier alpha value is -2.88. The van der Waals surface area contributed by atoms with Crippen molar-refractivity contribution in [2.24, 2.45) is 0 Å². The van der Waals surface area contributed by atoms with Gasteiger partial charge in [-0.25, -0.2) is 4.79 Å². The summed E-state index contributed by atoms with van der Waals surface area (Å²) in [6, 6.07) is 17.9. The molecule has 1 atom stereocenters. The van der Waals surface area contributed by atoms with E-state index >= 15 is 0 Å². The van der Waals surface area contributed by atoms with Crippen LogP contribution in [-0.2, 0) is 16.6 Å². The van der Waals surface area contributed by atoms with Gasteiger partial charge < -0.3 is 10.0 Å². The normalized spacial score (nSPS) is 20.5. The highest BCUT2D eigenvalue weighted by molar-refractivity contribution is 5.87. The lowest BCUT2D eigenvalue weighted by Crippen LogP contribution is -2.35. The quantitative estimate of drug-likeness (QED) is 0.632. The van der Waals surface area contributed by atoms with Crippen molar-refractivity contribution in [1.82, 2.24) is 4.90 Å². The predicted octanol–water partition coefficient (Wildman–Crippen LogP) is 4.99. The molecule has 1 N–H and O–H groups in total. The van der Waals surface area contributed by atoms with Crippen LogP contribution in [0.2, 0.25) is 0 Å². The number of rotatable bonds is 8. The third-order valence-electron chi connectivity index (χ3n) is 6.78. The first-order chi connectivity index (χ1) is 14.6. The molecule has 1 saturated carbocycles. The van der Waals surface area contributed by atoms with E-state index in [0.29, 0.717) is 18.5 Å². The van der Waals surface area contributed by atoms with E-state index in [1.807, 2.05) is 17.0 Å². The van der Waals surface area contributed by atoms with Crippen molar-refractivity contribution in [1.29, 1.82) is 0 Å². The summed E-state index contributed by atoms with van der Waals surface area (Å²) in [6.45, 7) is 0.671. The molecule has 0 spiro atoms. The Balaban J connectivity index is 1.36. The van der Waals surface area contributed by atoms with E-state index in [0.717, 1.165) is 24.8 Å². The number of hydrogen-bond donors (Lipinski definition) is 1. The van der Waals surface area contributed by atoms with E-state index in [9.17, 15) is 9.59 Å². The SMILES string of the molecule is O=C(O)c1ccc(CCN2C(=O)CCC2/C=C/CC2(c3ccccc3)CCC2)cc1. The molecule has 0 bridgehead atoms. The topological polar surface area (TPSA) is 57.6 Å². The molecule has 1 saturated heterocycles. The van der Waals surface area contributed by atoms with Crippen molar-refractivity contribution in [3.63, 3.8) is 0 Å². The summed E-state index contributed by atoms with van der Waals surface area (Å²) >= 11 is 0. The lowest BCUT2D eigenvalue weighted by atomic mass is 9.62. The molecule has 1 amide bonds. The molecule has 1 aliphatic carbocycles. The molecule has 4 heteroatoms. The van der Waals surface area contributed by atoms with Crippen LogP contribution in [0.5, 0.6) is 0 Å². The van der Waals surface area contributed by atoms with Gasteiger partial charge in [0.25, 0.3) is 0 Å². The largest absolute Gasteiger partial charge is 0.478 e. The molecular weight excluding hydrogens is 374 g/mol. The molecule has 30 heavy (non-hydrogen) atoms. The van der Waals surface area contributed by atoms with E-state index < -0.39 is 5.97 Å². The van der Waals surface area contributed by atoms with Gasteiger partial charge in [-0.15, -0.1) is 0 Å². The maximum absolute atomic E-state index is 12.4. The van der Waals surface area contributed by atoms with Gasteiger partial charge in [-0.2, -0.15) is 0 Å². The van der Waals surface area contributed by atoms with Crippen molar-refractivity contribution in [2.75, 3.05) is 6.54 Å². The Bertz CT molecular complexity index is 913. The van der Waals surface area contributed by atoms with Gasteiger partial charge >= 0.3 is 5.97 Å². The monoisotopic (exact) mass is 403 g/mol. The minimum Gasteiger partial charge on any atom is -0.478 e. The smallest absolute Gasteiger partial charge is 0.335 e. The van der Waals surface area contributed by atoms with Gasteiger partial charge in [-0.3, -0.25) is 4.79 Å². The second-order valence-electron chi connectivity index (χ2n) is 8.58. The number of benzene rings is 2. The lowest BCUT2D eigenvalue weighted by molar-refractivity contribution is -0.128. The van der Waals surface area contributed by atoms with Gasteiger partial charge in [0.05, 0.1) is 11.6 Å². The zero-order valence-corrected chi connectivity index (χ0v) is 17.3. The third-order valence-corrected chi connectivity index (χ3v) is 6.78. The van der Waals surface area contributed by atoms with Crippen LogP contribution in [0.25, 0.3) is 0 Å². The summed E-state index contributed by atoms with van der Waals surface area (Å²) in [7, 11) is 0. The van der Waals surface area contributed by atoms with Crippen LogP contribution in [0.3, 0.4) is 0 Å². The summed E-state index contributed by atoms with van der Waals surface area (Å²) in [5.74, 6) is -0.700. The number of carbonyl (C=O) groups excluding carboxylic acids is 1. The molecule has 2 aromatic carbocycles. The predicted molar refractivity (Wildman–Crippen MR) is 118 cm³/mol. The summed E-state index contributed by atoms with van der Waals surface area (Å²) in [6.07, 6.45) is 11.6. The second-order valence-corrected chi connectivity index (χ2v) is 8.58. The number of carboxylic acids is 1. The van der Waals surface area contributed by atoms with Crippen LogP contribution in [0.15, 0.2) is 66.7 Å². The van der Waals surface area contributed by atoms with Crippen molar-refractivity contribution in [3.05, 3.63) is 83.4 Å². The number of nitrogens with zero attached hydrogens (tertiary/aromatic N) is 1. The average Bonchev–Trinajstić information content (AvgIpc) is 3.08. The Morgan fingerprint density at radius 1 is 1.10 bits per heavy atom. The van der Waals surface area contributed by atoms with Gasteiger partial charge in [0, 0.05) is 13.0 Å². The Kier molecular flexibility index (Phi) is 6.03. The number of allylic oxidation sites excluding steroid dienone is 1. The summed E-state index contributed by atoms with van der Waals surface area (Å²) in [5, 5.41) is 9.02. The van der Waals surface area contributed by atoms with Crippen LogP contribution in [0.4, 0.5) is 0 Å². The van der Waals surface area contributed by atoms with E-state index in [4.69, 9.17) is 5.11 Å². The highest BCUT2D eigenvalue weighted by Crippen LogP contribution is 2.46. The van der Waals surface area contributed by atoms with E-state index in [1.165, 1.54) is 24.8 Å². The van der Waals surface area contributed by atoms with Gasteiger partial charge in [0.15, 0.2) is 0 Å². The van der Waals surface area contributed by atoms with E-state index in [2.05, 4.69) is 42.5 Å². The maximum atomic E-state index is 12.4. The molecule has 2 aliphatic rings. The van der Waals surface area contributed by atoms with Crippen LogP contribution in [0.1, 0.15) is 60.0 Å². The molecule has 0 radical (unpaired) electrons. The molecule has 1 aliphatic heterocycles. The van der Waals surface area contributed by atoms with Crippen LogP contribution < -0.4 is 0 Å². The van der Waals surface area contributed by atoms with Crippen LogP contribution >= 0.6 is 0 Å². The molecule has 2 fully saturated rings. The van der Waals surface area contributed by atoms with Crippen molar-refractivity contribution in [3.8, 4) is 0 Å². The average molecular weight is 404 g/mol. The number of hydrogen-bond acceptors (Lipinski definition) is 2. The van der Waals surface area contributed by atoms with Crippen LogP contribution in [0, 0.1) is 0 Å². The van der Waals surface area contributed by atoms with Crippen molar-refractivity contribution < 1.29 is 14.7 Å². The number of amides is 1. The van der Waals surface area contributed by atoms with E-state index in [1.54, 1.807) is 12.1 Å². The standard InChI is InChI=1S/C26H29NO3/c28-24-14-13-23(27(24)19-15-20-9-11-21(12-10-20)25(29)30)8-4-16-26(17-5-18-26)22-6-2-1-3-7-22/h1-4,6-12,23H,5,13-19H2,(H,29,30)/b8-4+. The molecule has 156 valence electrons. The molecule has 1 heterocycles. The second kappa shape index (κ2) is 8.86. The Morgan fingerprint density at radius 2 is 1.83 bits per heavy atom. The van der Waals surface area contributed by atoms with Crippen molar-refractivity contribution >= 4 is 11.9 Å². The number of carbonyl (C=O) groups is 2. The molecule has 2 aromatic rings. The summed E-state index contributed by atoms with van der Waals surface area (Å²) in [5.41, 5.74) is 3.06. The number of aromatic carboxylic acids is 1. The fraction of sp³-hybridized carbons (Fsp3) is 0.385. The zero-order valence-electron chi connectivity index (χ0n) is 17.3. The first-order valence-electron chi connectivity index (χ1n) is 10.9. The maximum Gasteiger partial charge on any atom is 0.335 e. The third kappa shape index (κ3) is 4.33. The summed E-state index contributed by atoms with van der Waals surface area (Å²) in [4.78, 5) is 25.4. The minimum absolute atomic E-state index is 0.170. The highest BCUT2D eigenvalue weighted by atomic mass is 16.4. The lowest BCUT2D eigenvalue weighted by Gasteiger charge is -2.42. The van der Waals surface area contributed by atoms with Crippen molar-refractivity contribution in [2.45, 2.75) is 56.4 Å². The number of carboxylic acid groups (broad SMARTS) is 1.